The van der Waals surface area contributed by atoms with Crippen LogP contribution in [0.5, 0.6) is 0 Å². The molecule has 0 radical (unpaired) electrons. The van der Waals surface area contributed by atoms with Crippen LogP contribution in [0.2, 0.25) is 0 Å². The van der Waals surface area contributed by atoms with Gasteiger partial charge in [-0.25, -0.2) is 31.9 Å². The third kappa shape index (κ3) is 4.76. The highest BCUT2D eigenvalue weighted by Gasteiger charge is 2.40. The third-order valence-electron chi connectivity index (χ3n) is 5.13. The standard InChI is InChI=1S/C21H18F4N6O2/c1-13(33-9-15-8-31(29-28-15)16-3-5-18(23)20(25)7-16)21(32,10-30-12-26-11-27-30)17-4-2-14(22)6-19(17)24/h2-8,11-13,32H,9-10H2,1H3/t13-,21-/m1/s1. The van der Waals surface area contributed by atoms with E-state index in [9.17, 15) is 22.7 Å². The Balaban J connectivity index is 1.54. The number of aliphatic hydroxyl groups is 1. The van der Waals surface area contributed by atoms with E-state index in [1.165, 1.54) is 41.2 Å². The van der Waals surface area contributed by atoms with Crippen molar-refractivity contribution in [3.8, 4) is 5.69 Å². The van der Waals surface area contributed by atoms with Gasteiger partial charge in [0, 0.05) is 17.7 Å². The van der Waals surface area contributed by atoms with Gasteiger partial charge in [0.1, 0.15) is 35.6 Å². The van der Waals surface area contributed by atoms with Crippen molar-refractivity contribution in [2.45, 2.75) is 31.8 Å². The Morgan fingerprint density at radius 2 is 1.88 bits per heavy atom. The van der Waals surface area contributed by atoms with Gasteiger partial charge in [-0.3, -0.25) is 0 Å². The van der Waals surface area contributed by atoms with Gasteiger partial charge in [0.05, 0.1) is 31.1 Å². The third-order valence-corrected chi connectivity index (χ3v) is 5.13. The van der Waals surface area contributed by atoms with Crippen LogP contribution in [0.15, 0.2) is 55.2 Å². The summed E-state index contributed by atoms with van der Waals surface area (Å²) < 4.78 is 62.9. The smallest absolute Gasteiger partial charge is 0.160 e. The Labute approximate surface area is 185 Å². The normalized spacial score (nSPS) is 14.2. The number of aromatic nitrogens is 6. The fourth-order valence-corrected chi connectivity index (χ4v) is 3.30. The lowest BCUT2D eigenvalue weighted by Crippen LogP contribution is -2.44. The molecule has 0 amide bonds. The predicted molar refractivity (Wildman–Crippen MR) is 106 cm³/mol. The Morgan fingerprint density at radius 1 is 1.06 bits per heavy atom. The van der Waals surface area contributed by atoms with Crippen LogP contribution in [0.3, 0.4) is 0 Å². The van der Waals surface area contributed by atoms with E-state index in [4.69, 9.17) is 4.74 Å². The van der Waals surface area contributed by atoms with E-state index in [2.05, 4.69) is 20.4 Å². The molecular formula is C21H18F4N6O2. The molecule has 33 heavy (non-hydrogen) atoms. The average Bonchev–Trinajstić information content (AvgIpc) is 3.46. The molecule has 2 atom stereocenters. The summed E-state index contributed by atoms with van der Waals surface area (Å²) in [6, 6.07) is 6.10. The summed E-state index contributed by atoms with van der Waals surface area (Å²) in [5.41, 5.74) is -1.56. The van der Waals surface area contributed by atoms with Crippen LogP contribution < -0.4 is 0 Å². The van der Waals surface area contributed by atoms with Gasteiger partial charge < -0.3 is 9.84 Å². The van der Waals surface area contributed by atoms with Crippen LogP contribution in [0.25, 0.3) is 5.69 Å². The number of halogens is 4. The molecule has 2 heterocycles. The van der Waals surface area contributed by atoms with Gasteiger partial charge in [0.2, 0.25) is 0 Å². The van der Waals surface area contributed by atoms with Crippen LogP contribution in [-0.4, -0.2) is 41.0 Å². The molecule has 8 nitrogen and oxygen atoms in total. The topological polar surface area (TPSA) is 90.9 Å². The van der Waals surface area contributed by atoms with Gasteiger partial charge in [0.25, 0.3) is 0 Å². The number of hydrogen-bond donors (Lipinski definition) is 1. The fourth-order valence-electron chi connectivity index (χ4n) is 3.30. The second-order valence-corrected chi connectivity index (χ2v) is 7.35. The van der Waals surface area contributed by atoms with Crippen molar-refractivity contribution < 1.29 is 27.4 Å². The van der Waals surface area contributed by atoms with E-state index < -0.39 is 35.0 Å². The highest BCUT2D eigenvalue weighted by Crippen LogP contribution is 2.32. The van der Waals surface area contributed by atoms with E-state index in [1.54, 1.807) is 0 Å². The first-order chi connectivity index (χ1) is 15.8. The zero-order valence-electron chi connectivity index (χ0n) is 17.2. The summed E-state index contributed by atoms with van der Waals surface area (Å²) in [6.45, 7) is 1.14. The van der Waals surface area contributed by atoms with Crippen molar-refractivity contribution in [3.63, 3.8) is 0 Å². The van der Waals surface area contributed by atoms with E-state index >= 15 is 0 Å². The quantitative estimate of drug-likeness (QED) is 0.405. The molecule has 0 saturated carbocycles. The predicted octanol–water partition coefficient (Wildman–Crippen LogP) is 2.91. The summed E-state index contributed by atoms with van der Waals surface area (Å²) in [4.78, 5) is 3.81. The SMILES string of the molecule is C[C@@H](OCc1cn(-c2ccc(F)c(F)c2)nn1)[C@](O)(Cn1cncn1)c1ccc(F)cc1F. The lowest BCUT2D eigenvalue weighted by Gasteiger charge is -2.34. The van der Waals surface area contributed by atoms with E-state index in [-0.39, 0.29) is 24.4 Å². The van der Waals surface area contributed by atoms with Crippen LogP contribution in [0, 0.1) is 23.3 Å². The first-order valence-electron chi connectivity index (χ1n) is 9.75. The maximum absolute atomic E-state index is 14.6. The molecule has 0 bridgehead atoms. The van der Waals surface area contributed by atoms with Gasteiger partial charge in [0.15, 0.2) is 11.6 Å². The summed E-state index contributed by atoms with van der Waals surface area (Å²) in [6.07, 6.45) is 3.01. The first-order valence-corrected chi connectivity index (χ1v) is 9.75. The van der Waals surface area contributed by atoms with Crippen molar-refractivity contribution in [2.24, 2.45) is 0 Å². The molecule has 4 rings (SSSR count). The zero-order chi connectivity index (χ0) is 23.6. The molecular weight excluding hydrogens is 444 g/mol. The highest BCUT2D eigenvalue weighted by atomic mass is 19.2. The molecule has 0 fully saturated rings. The molecule has 12 heteroatoms. The van der Waals surface area contributed by atoms with Gasteiger partial charge in [-0.15, -0.1) is 5.10 Å². The van der Waals surface area contributed by atoms with Crippen molar-refractivity contribution in [1.82, 2.24) is 29.8 Å². The maximum atomic E-state index is 14.6. The minimum Gasteiger partial charge on any atom is -0.380 e. The van der Waals surface area contributed by atoms with Gasteiger partial charge >= 0.3 is 0 Å². The highest BCUT2D eigenvalue weighted by molar-refractivity contribution is 5.31. The zero-order valence-corrected chi connectivity index (χ0v) is 17.2. The molecule has 1 N–H and O–H groups in total. The minimum atomic E-state index is -1.94. The molecule has 4 aromatic rings. The Hall–Kier alpha value is -3.64. The first kappa shape index (κ1) is 22.6. The molecule has 0 spiro atoms. The van der Waals surface area contributed by atoms with Crippen LogP contribution in [-0.2, 0) is 23.5 Å². The van der Waals surface area contributed by atoms with Gasteiger partial charge in [-0.05, 0) is 25.1 Å². The van der Waals surface area contributed by atoms with Crippen molar-refractivity contribution >= 4 is 0 Å². The molecule has 2 aromatic heterocycles. The summed E-state index contributed by atoms with van der Waals surface area (Å²) in [5, 5.41) is 23.1. The number of nitrogens with zero attached hydrogens (tertiary/aromatic N) is 6. The summed E-state index contributed by atoms with van der Waals surface area (Å²) in [7, 11) is 0. The van der Waals surface area contributed by atoms with Crippen LogP contribution in [0.1, 0.15) is 18.2 Å². The number of hydrogen-bond acceptors (Lipinski definition) is 6. The molecule has 0 unspecified atom stereocenters. The molecule has 0 aliphatic carbocycles. The largest absolute Gasteiger partial charge is 0.380 e. The fraction of sp³-hybridized carbons (Fsp3) is 0.238. The number of ether oxygens (including phenoxy) is 1. The molecule has 172 valence electrons. The van der Waals surface area contributed by atoms with E-state index in [0.29, 0.717) is 11.8 Å². The van der Waals surface area contributed by atoms with Crippen LogP contribution >= 0.6 is 0 Å². The van der Waals surface area contributed by atoms with Crippen LogP contribution in [0.4, 0.5) is 17.6 Å². The van der Waals surface area contributed by atoms with Crippen molar-refractivity contribution in [1.29, 1.82) is 0 Å². The number of rotatable bonds is 8. The Bertz CT molecular complexity index is 1250. The van der Waals surface area contributed by atoms with Gasteiger partial charge in [-0.1, -0.05) is 11.3 Å². The Morgan fingerprint density at radius 3 is 2.58 bits per heavy atom. The second kappa shape index (κ2) is 9.08. The number of benzene rings is 2. The summed E-state index contributed by atoms with van der Waals surface area (Å²) in [5.74, 6) is -3.76. The van der Waals surface area contributed by atoms with E-state index in [1.807, 2.05) is 0 Å². The molecule has 0 aliphatic heterocycles. The monoisotopic (exact) mass is 462 g/mol. The average molecular weight is 462 g/mol. The van der Waals surface area contributed by atoms with Crippen molar-refractivity contribution in [3.05, 3.63) is 89.8 Å². The van der Waals surface area contributed by atoms with Crippen molar-refractivity contribution in [2.75, 3.05) is 0 Å². The van der Waals surface area contributed by atoms with Gasteiger partial charge in [-0.2, -0.15) is 5.10 Å². The lowest BCUT2D eigenvalue weighted by molar-refractivity contribution is -0.124. The molecule has 0 aliphatic rings. The summed E-state index contributed by atoms with van der Waals surface area (Å²) >= 11 is 0. The second-order valence-electron chi connectivity index (χ2n) is 7.35. The molecule has 0 saturated heterocycles. The minimum absolute atomic E-state index is 0.146. The lowest BCUT2D eigenvalue weighted by atomic mass is 9.88. The molecule has 2 aromatic carbocycles. The maximum Gasteiger partial charge on any atom is 0.160 e. The van der Waals surface area contributed by atoms with E-state index in [0.717, 1.165) is 24.3 Å². The Kier molecular flexibility index (Phi) is 6.20.